The average molecular weight is 292 g/mol. The smallest absolute Gasteiger partial charge is 0.188 e. The molecule has 0 bridgehead atoms. The Morgan fingerprint density at radius 2 is 1.55 bits per heavy atom. The molecule has 0 N–H and O–H groups in total. The molecule has 108 valence electrons. The SMILES string of the molecule is N#Cc1cccccccc2ccccc2oonnnc1. The standard InChI is InChI=1S/C16H12N4O2/c17-12-14-8-4-2-1-3-5-9-15-10-6-7-11-16(15)21-22-20-19-18-13-14/h1-11,13H. The summed E-state index contributed by atoms with van der Waals surface area (Å²) in [5.41, 5.74) is 0.827. The van der Waals surface area contributed by atoms with Crippen molar-refractivity contribution in [3.05, 3.63) is 78.5 Å². The lowest BCUT2D eigenvalue weighted by Crippen LogP contribution is -1.78. The maximum Gasteiger partial charge on any atom is 0.188 e. The van der Waals surface area contributed by atoms with Crippen LogP contribution in [0.5, 0.6) is 0 Å². The fourth-order valence-corrected chi connectivity index (χ4v) is 1.50. The lowest BCUT2D eigenvalue weighted by atomic mass is 10.2. The van der Waals surface area contributed by atoms with Gasteiger partial charge in [0.1, 0.15) is 6.07 Å². The van der Waals surface area contributed by atoms with E-state index in [9.17, 15) is 0 Å². The normalized spacial score (nSPS) is 8.86. The zero-order valence-corrected chi connectivity index (χ0v) is 11.5. The average Bonchev–Trinajstić information content (AvgIpc) is 2.55. The maximum absolute atomic E-state index is 8.89. The van der Waals surface area contributed by atoms with Crippen LogP contribution in [-0.4, -0.2) is 15.6 Å². The minimum absolute atomic E-state index is 0.331. The second-order valence-corrected chi connectivity index (χ2v) is 3.97. The summed E-state index contributed by atoms with van der Waals surface area (Å²) in [5, 5.41) is 19.9. The molecular weight excluding hydrogens is 280 g/mol. The van der Waals surface area contributed by atoms with Crippen LogP contribution in [0.1, 0.15) is 5.56 Å². The number of fused-ring (bicyclic) bond motifs is 1. The van der Waals surface area contributed by atoms with Gasteiger partial charge < -0.3 is 0 Å². The molecule has 0 unspecified atom stereocenters. The van der Waals surface area contributed by atoms with Crippen molar-refractivity contribution in [2.45, 2.75) is 0 Å². The van der Waals surface area contributed by atoms with E-state index >= 15 is 0 Å². The van der Waals surface area contributed by atoms with Crippen LogP contribution in [0.25, 0.3) is 11.0 Å². The van der Waals surface area contributed by atoms with Crippen LogP contribution < -0.4 is 0 Å². The summed E-state index contributed by atoms with van der Waals surface area (Å²) in [4.78, 5) is 0. The van der Waals surface area contributed by atoms with Gasteiger partial charge in [-0.15, -0.1) is 9.78 Å². The van der Waals surface area contributed by atoms with Gasteiger partial charge in [0, 0.05) is 5.39 Å². The van der Waals surface area contributed by atoms with Crippen molar-refractivity contribution >= 4 is 11.0 Å². The highest BCUT2D eigenvalue weighted by molar-refractivity contribution is 5.74. The van der Waals surface area contributed by atoms with Crippen LogP contribution in [0, 0.1) is 11.3 Å². The van der Waals surface area contributed by atoms with E-state index in [1.165, 1.54) is 6.20 Å². The molecule has 0 aliphatic heterocycles. The third-order valence-electron chi connectivity index (χ3n) is 2.49. The third-order valence-corrected chi connectivity index (χ3v) is 2.49. The number of hydrogen-bond acceptors (Lipinski definition) is 6. The number of hydrogen-bond donors (Lipinski definition) is 0. The van der Waals surface area contributed by atoms with Crippen LogP contribution in [0.4, 0.5) is 0 Å². The van der Waals surface area contributed by atoms with Crippen LogP contribution >= 0.6 is 0 Å². The lowest BCUT2D eigenvalue weighted by molar-refractivity contribution is -0.00550. The molecule has 22 heavy (non-hydrogen) atoms. The van der Waals surface area contributed by atoms with Gasteiger partial charge in [0.15, 0.2) is 5.58 Å². The topological polar surface area (TPSA) is 88.7 Å². The fraction of sp³-hybridized carbons (Fsp3) is 0. The minimum Gasteiger partial charge on any atom is -0.265 e. The molecule has 0 aliphatic carbocycles. The van der Waals surface area contributed by atoms with Crippen molar-refractivity contribution in [2.75, 3.05) is 0 Å². The molecule has 0 spiro atoms. The summed E-state index contributed by atoms with van der Waals surface area (Å²) in [6, 6.07) is 21.8. The van der Waals surface area contributed by atoms with E-state index in [2.05, 4.69) is 20.3 Å². The number of nitrogens with zero attached hydrogens (tertiary/aromatic N) is 4. The van der Waals surface area contributed by atoms with Gasteiger partial charge in [-0.1, -0.05) is 54.6 Å². The summed E-state index contributed by atoms with van der Waals surface area (Å²) in [7, 11) is 0. The van der Waals surface area contributed by atoms with Gasteiger partial charge in [0.05, 0.1) is 17.0 Å². The molecule has 0 saturated carbocycles. The number of nitriles is 1. The predicted molar refractivity (Wildman–Crippen MR) is 79.5 cm³/mol. The van der Waals surface area contributed by atoms with Gasteiger partial charge >= 0.3 is 0 Å². The molecule has 0 fully saturated rings. The minimum atomic E-state index is 0.331. The first kappa shape index (κ1) is 14.9. The Balaban J connectivity index is 2.60. The highest BCUT2D eigenvalue weighted by Crippen LogP contribution is 2.08. The van der Waals surface area contributed by atoms with Crippen molar-refractivity contribution in [3.63, 3.8) is 0 Å². The third kappa shape index (κ3) is 4.90. The van der Waals surface area contributed by atoms with Gasteiger partial charge in [0.25, 0.3) is 0 Å². The number of benzene rings is 1. The van der Waals surface area contributed by atoms with Gasteiger partial charge in [0.2, 0.25) is 0 Å². The summed E-state index contributed by atoms with van der Waals surface area (Å²) >= 11 is 0. The first-order valence-corrected chi connectivity index (χ1v) is 6.38. The Bertz CT molecular complexity index is 832. The zero-order chi connectivity index (χ0) is 15.5. The van der Waals surface area contributed by atoms with E-state index in [0.717, 1.165) is 5.39 Å². The number of rotatable bonds is 0. The van der Waals surface area contributed by atoms with Crippen molar-refractivity contribution in [2.24, 2.45) is 0 Å². The van der Waals surface area contributed by atoms with E-state index in [4.69, 9.17) is 9.84 Å². The Morgan fingerprint density at radius 3 is 2.36 bits per heavy atom. The van der Waals surface area contributed by atoms with Gasteiger partial charge in [-0.3, -0.25) is 4.58 Å². The van der Waals surface area contributed by atoms with Crippen LogP contribution in [0.15, 0.2) is 82.2 Å². The quantitative estimate of drug-likeness (QED) is 0.691. The van der Waals surface area contributed by atoms with Gasteiger partial charge in [-0.25, -0.2) is 0 Å². The predicted octanol–water partition coefficient (Wildman–Crippen LogP) is 3.46. The summed E-state index contributed by atoms with van der Waals surface area (Å²) in [5.74, 6) is 0. The molecular formula is C16H12N4O2. The molecule has 0 amide bonds. The van der Waals surface area contributed by atoms with Gasteiger partial charge in [-0.05, 0) is 17.3 Å². The Morgan fingerprint density at radius 1 is 0.864 bits per heavy atom. The van der Waals surface area contributed by atoms with Crippen molar-refractivity contribution < 1.29 is 9.26 Å². The lowest BCUT2D eigenvalue weighted by Gasteiger charge is -1.86. The first-order valence-electron chi connectivity index (χ1n) is 6.38. The summed E-state index contributed by atoms with van der Waals surface area (Å²) in [6.07, 6.45) is 1.26. The van der Waals surface area contributed by atoms with Crippen LogP contribution in [0.2, 0.25) is 0 Å². The highest BCUT2D eigenvalue weighted by Gasteiger charge is 1.87. The van der Waals surface area contributed by atoms with E-state index in [0.29, 0.717) is 11.1 Å². The van der Waals surface area contributed by atoms with Crippen LogP contribution in [0.3, 0.4) is 0 Å². The monoisotopic (exact) mass is 292 g/mol. The van der Waals surface area contributed by atoms with E-state index in [1.54, 1.807) is 24.3 Å². The summed E-state index contributed by atoms with van der Waals surface area (Å²) < 4.78 is 9.64. The molecule has 1 aromatic carbocycles. The van der Waals surface area contributed by atoms with Crippen molar-refractivity contribution in [3.8, 4) is 6.07 Å². The Hall–Kier alpha value is -3.46. The molecule has 0 radical (unpaired) electrons. The molecule has 1 aromatic heterocycles. The van der Waals surface area contributed by atoms with E-state index in [-0.39, 0.29) is 0 Å². The molecule has 6 nitrogen and oxygen atoms in total. The molecule has 0 aliphatic rings. The second-order valence-electron chi connectivity index (χ2n) is 3.97. The Kier molecular flexibility index (Phi) is 5.88. The second kappa shape index (κ2) is 8.66. The maximum atomic E-state index is 8.89. The molecule has 0 saturated heterocycles. The van der Waals surface area contributed by atoms with Gasteiger partial charge in [-0.2, -0.15) is 5.26 Å². The summed E-state index contributed by atoms with van der Waals surface area (Å²) in [6.45, 7) is 0. The highest BCUT2D eigenvalue weighted by atomic mass is 17.0. The Labute approximate surface area is 126 Å². The molecule has 0 atom stereocenters. The largest absolute Gasteiger partial charge is 0.265 e. The first-order chi connectivity index (χ1) is 10.9. The molecule has 2 rings (SSSR count). The molecule has 1 heterocycles. The molecule has 6 heteroatoms. The number of aromatic nitrogens is 3. The van der Waals surface area contributed by atoms with E-state index in [1.807, 2.05) is 48.5 Å². The number of para-hydroxylation sites is 1. The van der Waals surface area contributed by atoms with Crippen molar-refractivity contribution in [1.82, 2.24) is 15.6 Å². The van der Waals surface area contributed by atoms with Crippen molar-refractivity contribution in [1.29, 1.82) is 5.26 Å². The van der Waals surface area contributed by atoms with Crippen LogP contribution in [-0.2, 0) is 0 Å². The zero-order valence-electron chi connectivity index (χ0n) is 11.5. The fourth-order valence-electron chi connectivity index (χ4n) is 1.50. The van der Waals surface area contributed by atoms with E-state index < -0.39 is 0 Å². The molecule has 2 aromatic rings.